The lowest BCUT2D eigenvalue weighted by Crippen LogP contribution is -2.24. The molecule has 0 spiro atoms. The highest BCUT2D eigenvalue weighted by Crippen LogP contribution is 2.38. The average molecular weight is 218 g/mol. The molecule has 81 valence electrons. The Morgan fingerprint density at radius 1 is 1.12 bits per heavy atom. The van der Waals surface area contributed by atoms with Crippen LogP contribution in [0.4, 0.5) is 5.69 Å². The van der Waals surface area contributed by atoms with Gasteiger partial charge in [-0.25, -0.2) is 0 Å². The second-order valence-corrected chi connectivity index (χ2v) is 4.65. The minimum Gasteiger partial charge on any atom is -0.363 e. The number of anilines is 1. The van der Waals surface area contributed by atoms with Crippen molar-refractivity contribution in [3.8, 4) is 0 Å². The van der Waals surface area contributed by atoms with Gasteiger partial charge in [-0.1, -0.05) is 36.4 Å². The van der Waals surface area contributed by atoms with Crippen LogP contribution in [-0.2, 0) is 0 Å². The van der Waals surface area contributed by atoms with E-state index in [1.165, 1.54) is 27.3 Å². The summed E-state index contributed by atoms with van der Waals surface area (Å²) in [7, 11) is 2.16. The highest BCUT2D eigenvalue weighted by molar-refractivity contribution is 5.93. The lowest BCUT2D eigenvalue weighted by molar-refractivity contribution is 0.987. The van der Waals surface area contributed by atoms with Crippen molar-refractivity contribution in [3.05, 3.63) is 64.5 Å². The summed E-state index contributed by atoms with van der Waals surface area (Å²) < 4.78 is 0. The summed E-state index contributed by atoms with van der Waals surface area (Å²) in [6.07, 6.45) is 2.35. The first-order chi connectivity index (χ1) is 8.36. The molecule has 17 heavy (non-hydrogen) atoms. The van der Waals surface area contributed by atoms with Crippen LogP contribution in [0.5, 0.6) is 0 Å². The van der Waals surface area contributed by atoms with Crippen molar-refractivity contribution in [2.75, 3.05) is 11.9 Å². The van der Waals surface area contributed by atoms with Crippen molar-refractivity contribution in [1.82, 2.24) is 0 Å². The third-order valence-corrected chi connectivity index (χ3v) is 3.78. The maximum atomic E-state index is 3.39. The van der Waals surface area contributed by atoms with E-state index < -0.39 is 0 Å². The molecule has 1 atom stereocenters. The highest BCUT2D eigenvalue weighted by atomic mass is 15.2. The van der Waals surface area contributed by atoms with Crippen LogP contribution in [0.15, 0.2) is 42.5 Å². The van der Waals surface area contributed by atoms with Crippen LogP contribution < -0.4 is 15.3 Å². The van der Waals surface area contributed by atoms with Gasteiger partial charge in [0.2, 0.25) is 0 Å². The largest absolute Gasteiger partial charge is 0.363 e. The van der Waals surface area contributed by atoms with Gasteiger partial charge < -0.3 is 4.90 Å². The van der Waals surface area contributed by atoms with E-state index in [-0.39, 0.29) is 0 Å². The van der Waals surface area contributed by atoms with E-state index in [1.54, 1.807) is 0 Å². The van der Waals surface area contributed by atoms with Gasteiger partial charge in [0.1, 0.15) is 0 Å². The molecule has 0 amide bonds. The van der Waals surface area contributed by atoms with Crippen LogP contribution in [0, 0.1) is 6.07 Å². The summed E-state index contributed by atoms with van der Waals surface area (Å²) in [5, 5.41) is 2.72. The van der Waals surface area contributed by atoms with Crippen LogP contribution in [0.3, 0.4) is 0 Å². The summed E-state index contributed by atoms with van der Waals surface area (Å²) in [4.78, 5) is 2.33. The molecule has 1 aliphatic carbocycles. The highest BCUT2D eigenvalue weighted by Gasteiger charge is 2.32. The van der Waals surface area contributed by atoms with E-state index in [2.05, 4.69) is 60.5 Å². The standard InChI is InChI=1S/C16H12N/c1-17-14-9-5-4-8-13(14)16-12-7-3-2-6-11(12)10-15(16)17/h2-7,9-10,15H,1H3. The molecule has 1 heteroatoms. The SMILES string of the molecule is CN1c2ccc[c]c2C2=c3ccccc3=CC21. The Bertz CT molecular complexity index is 727. The van der Waals surface area contributed by atoms with Gasteiger partial charge in [-0.15, -0.1) is 0 Å². The summed E-state index contributed by atoms with van der Waals surface area (Å²) in [5.41, 5.74) is 3.97. The molecule has 1 aliphatic heterocycles. The first kappa shape index (κ1) is 9.06. The molecule has 0 fully saturated rings. The van der Waals surface area contributed by atoms with Gasteiger partial charge >= 0.3 is 0 Å². The first-order valence-electron chi connectivity index (χ1n) is 5.91. The number of hydrogen-bond acceptors (Lipinski definition) is 1. The van der Waals surface area contributed by atoms with Crippen molar-refractivity contribution in [2.45, 2.75) is 6.04 Å². The quantitative estimate of drug-likeness (QED) is 0.644. The van der Waals surface area contributed by atoms with E-state index in [0.29, 0.717) is 6.04 Å². The Hall–Kier alpha value is -2.02. The van der Waals surface area contributed by atoms with Gasteiger partial charge in [-0.3, -0.25) is 0 Å². The van der Waals surface area contributed by atoms with E-state index in [9.17, 15) is 0 Å². The third-order valence-electron chi connectivity index (χ3n) is 3.78. The molecule has 0 saturated carbocycles. The number of rotatable bonds is 0. The van der Waals surface area contributed by atoms with Crippen molar-refractivity contribution >= 4 is 17.3 Å². The Kier molecular flexibility index (Phi) is 1.60. The normalized spacial score (nSPS) is 19.7. The van der Waals surface area contributed by atoms with Crippen LogP contribution in [0.25, 0.3) is 11.6 Å². The summed E-state index contributed by atoms with van der Waals surface area (Å²) in [6, 6.07) is 18.6. The molecular formula is C16H12N. The van der Waals surface area contributed by atoms with Crippen LogP contribution in [0.2, 0.25) is 0 Å². The van der Waals surface area contributed by atoms with Gasteiger partial charge in [-0.2, -0.15) is 0 Å². The molecule has 0 aromatic heterocycles. The van der Waals surface area contributed by atoms with E-state index in [4.69, 9.17) is 0 Å². The maximum absolute atomic E-state index is 3.39. The molecule has 0 N–H and O–H groups in total. The fourth-order valence-electron chi connectivity index (χ4n) is 2.98. The van der Waals surface area contributed by atoms with Crippen molar-refractivity contribution in [3.63, 3.8) is 0 Å². The number of fused-ring (bicyclic) bond motifs is 4. The van der Waals surface area contributed by atoms with Gasteiger partial charge in [0, 0.05) is 18.3 Å². The van der Waals surface area contributed by atoms with E-state index in [0.717, 1.165) is 0 Å². The number of benzene rings is 2. The monoisotopic (exact) mass is 218 g/mol. The predicted molar refractivity (Wildman–Crippen MR) is 70.1 cm³/mol. The summed E-state index contributed by atoms with van der Waals surface area (Å²) in [5.74, 6) is 0. The molecular weight excluding hydrogens is 206 g/mol. The molecule has 1 unspecified atom stereocenters. The number of hydrogen-bond donors (Lipinski definition) is 0. The smallest absolute Gasteiger partial charge is 0.0745 e. The lowest BCUT2D eigenvalue weighted by Gasteiger charge is -2.18. The zero-order valence-electron chi connectivity index (χ0n) is 9.64. The fraction of sp³-hybridized carbons (Fsp3) is 0.125. The molecule has 0 saturated heterocycles. The Morgan fingerprint density at radius 2 is 2.00 bits per heavy atom. The second kappa shape index (κ2) is 3.01. The van der Waals surface area contributed by atoms with E-state index in [1.807, 2.05) is 6.07 Å². The molecule has 2 aromatic carbocycles. The van der Waals surface area contributed by atoms with Crippen molar-refractivity contribution in [2.24, 2.45) is 0 Å². The van der Waals surface area contributed by atoms with Crippen LogP contribution in [-0.4, -0.2) is 13.1 Å². The second-order valence-electron chi connectivity index (χ2n) is 4.65. The number of likely N-dealkylation sites (N-methyl/N-ethyl adjacent to an activating group) is 1. The molecule has 0 bridgehead atoms. The molecule has 1 nitrogen and oxygen atoms in total. The Labute approximate surface area is 100 Å². The summed E-state index contributed by atoms with van der Waals surface area (Å²) >= 11 is 0. The lowest BCUT2D eigenvalue weighted by atomic mass is 10.0. The van der Waals surface area contributed by atoms with Crippen molar-refractivity contribution in [1.29, 1.82) is 0 Å². The van der Waals surface area contributed by atoms with Gasteiger partial charge in [-0.05, 0) is 34.2 Å². The van der Waals surface area contributed by atoms with Crippen molar-refractivity contribution < 1.29 is 0 Å². The number of nitrogens with zero attached hydrogens (tertiary/aromatic N) is 1. The van der Waals surface area contributed by atoms with Gasteiger partial charge in [0.25, 0.3) is 0 Å². The zero-order chi connectivity index (χ0) is 11.4. The minimum atomic E-state index is 0.390. The Balaban J connectivity index is 2.17. The Morgan fingerprint density at radius 3 is 2.94 bits per heavy atom. The predicted octanol–water partition coefficient (Wildman–Crippen LogP) is 1.30. The zero-order valence-corrected chi connectivity index (χ0v) is 9.64. The average Bonchev–Trinajstić information content (AvgIpc) is 2.88. The molecule has 1 radical (unpaired) electrons. The van der Waals surface area contributed by atoms with E-state index >= 15 is 0 Å². The fourth-order valence-corrected chi connectivity index (χ4v) is 2.98. The van der Waals surface area contributed by atoms with Crippen LogP contribution in [0.1, 0.15) is 5.56 Å². The third kappa shape index (κ3) is 1.04. The molecule has 2 aliphatic rings. The van der Waals surface area contributed by atoms with Gasteiger partial charge in [0.05, 0.1) is 6.04 Å². The molecule has 1 heterocycles. The first-order valence-corrected chi connectivity index (χ1v) is 5.91. The summed E-state index contributed by atoms with van der Waals surface area (Å²) in [6.45, 7) is 0. The minimum absolute atomic E-state index is 0.390. The molecule has 2 aromatic rings. The molecule has 4 rings (SSSR count). The maximum Gasteiger partial charge on any atom is 0.0745 e. The van der Waals surface area contributed by atoms with Gasteiger partial charge in [0.15, 0.2) is 0 Å². The topological polar surface area (TPSA) is 3.24 Å². The van der Waals surface area contributed by atoms with Crippen LogP contribution >= 0.6 is 0 Å².